The van der Waals surface area contributed by atoms with E-state index in [0.29, 0.717) is 0 Å². The van der Waals surface area contributed by atoms with E-state index in [1.54, 1.807) is 0 Å². The second-order valence-corrected chi connectivity index (χ2v) is 7.11. The predicted molar refractivity (Wildman–Crippen MR) is 104 cm³/mol. The molecule has 0 N–H and O–H groups in total. The number of hydrogen-bond acceptors (Lipinski definition) is 2. The van der Waals surface area contributed by atoms with Gasteiger partial charge in [-0.3, -0.25) is 0 Å². The fraction of sp³-hybridized carbons (Fsp3) is 0.217. The van der Waals surface area contributed by atoms with Crippen LogP contribution in [0.2, 0.25) is 0 Å². The molecule has 0 saturated carbocycles. The van der Waals surface area contributed by atoms with Gasteiger partial charge in [0.2, 0.25) is 0 Å². The molecule has 2 aliphatic rings. The minimum absolute atomic E-state index is 0.279. The second kappa shape index (κ2) is 5.66. The van der Waals surface area contributed by atoms with Crippen LogP contribution in [0.1, 0.15) is 28.4 Å². The summed E-state index contributed by atoms with van der Waals surface area (Å²) in [6.45, 7) is 4.20. The van der Waals surface area contributed by atoms with Crippen molar-refractivity contribution in [2.24, 2.45) is 0 Å². The average Bonchev–Trinajstić information content (AvgIpc) is 2.67. The molecule has 0 fully saturated rings. The first-order valence-corrected chi connectivity index (χ1v) is 9.07. The van der Waals surface area contributed by atoms with Gasteiger partial charge >= 0.3 is 0 Å². The van der Waals surface area contributed by atoms with Crippen molar-refractivity contribution in [3.8, 4) is 0 Å². The van der Waals surface area contributed by atoms with E-state index < -0.39 is 0 Å². The zero-order valence-corrected chi connectivity index (χ0v) is 14.5. The zero-order chi connectivity index (χ0) is 16.8. The van der Waals surface area contributed by atoms with Crippen molar-refractivity contribution in [2.45, 2.75) is 26.1 Å². The fourth-order valence-corrected chi connectivity index (χ4v) is 4.37. The molecule has 2 nitrogen and oxygen atoms in total. The average molecular weight is 326 g/mol. The summed E-state index contributed by atoms with van der Waals surface area (Å²) in [7, 11) is 0. The second-order valence-electron chi connectivity index (χ2n) is 7.11. The van der Waals surface area contributed by atoms with E-state index in [0.717, 1.165) is 19.5 Å². The third-order valence-electron chi connectivity index (χ3n) is 5.52. The lowest BCUT2D eigenvalue weighted by atomic mass is 9.92. The Morgan fingerprint density at radius 3 is 2.48 bits per heavy atom. The van der Waals surface area contributed by atoms with Crippen molar-refractivity contribution in [1.29, 1.82) is 0 Å². The number of fused-ring (bicyclic) bond motifs is 5. The molecule has 0 aliphatic carbocycles. The highest BCUT2D eigenvalue weighted by molar-refractivity contribution is 5.66. The van der Waals surface area contributed by atoms with Crippen LogP contribution in [-0.2, 0) is 13.0 Å². The predicted octanol–water partition coefficient (Wildman–Crippen LogP) is 5.08. The van der Waals surface area contributed by atoms with Crippen LogP contribution in [0, 0.1) is 6.92 Å². The van der Waals surface area contributed by atoms with E-state index in [9.17, 15) is 0 Å². The van der Waals surface area contributed by atoms with Crippen LogP contribution in [0.3, 0.4) is 0 Å². The molecular weight excluding hydrogens is 304 g/mol. The highest BCUT2D eigenvalue weighted by Gasteiger charge is 2.37. The van der Waals surface area contributed by atoms with Gasteiger partial charge in [0.25, 0.3) is 0 Å². The van der Waals surface area contributed by atoms with E-state index in [1.807, 2.05) is 0 Å². The number of aryl methyl sites for hydroxylation is 1. The van der Waals surface area contributed by atoms with Gasteiger partial charge in [-0.15, -0.1) is 0 Å². The summed E-state index contributed by atoms with van der Waals surface area (Å²) in [6.07, 6.45) is 1.39. The summed E-state index contributed by atoms with van der Waals surface area (Å²) < 4.78 is 0. The van der Waals surface area contributed by atoms with E-state index in [2.05, 4.69) is 89.5 Å². The Labute approximate surface area is 149 Å². The van der Waals surface area contributed by atoms with Gasteiger partial charge in [0, 0.05) is 24.5 Å². The quantitative estimate of drug-likeness (QED) is 0.615. The number of hydrogen-bond donors (Lipinski definition) is 0. The van der Waals surface area contributed by atoms with E-state index >= 15 is 0 Å². The third kappa shape index (κ3) is 2.32. The number of anilines is 2. The van der Waals surface area contributed by atoms with E-state index in [4.69, 9.17) is 0 Å². The first-order valence-electron chi connectivity index (χ1n) is 9.07. The number of nitrogens with zero attached hydrogens (tertiary/aromatic N) is 2. The monoisotopic (exact) mass is 326 g/mol. The number of benzene rings is 3. The normalized spacial score (nSPS) is 18.4. The van der Waals surface area contributed by atoms with Gasteiger partial charge in [0.15, 0.2) is 0 Å². The van der Waals surface area contributed by atoms with Crippen molar-refractivity contribution >= 4 is 11.4 Å². The molecule has 0 aromatic heterocycles. The van der Waals surface area contributed by atoms with Crippen LogP contribution in [-0.4, -0.2) is 6.54 Å². The van der Waals surface area contributed by atoms with Gasteiger partial charge in [0.05, 0.1) is 0 Å². The highest BCUT2D eigenvalue weighted by Crippen LogP contribution is 2.44. The molecule has 2 aliphatic heterocycles. The first kappa shape index (κ1) is 14.6. The Morgan fingerprint density at radius 2 is 1.60 bits per heavy atom. The molecule has 5 rings (SSSR count). The van der Waals surface area contributed by atoms with Gasteiger partial charge in [-0.25, -0.2) is 0 Å². The summed E-state index contributed by atoms with van der Waals surface area (Å²) in [4.78, 5) is 5.15. The molecule has 0 saturated heterocycles. The van der Waals surface area contributed by atoms with Crippen molar-refractivity contribution in [3.05, 3.63) is 95.1 Å². The summed E-state index contributed by atoms with van der Waals surface area (Å²) in [5.41, 5.74) is 8.37. The molecule has 25 heavy (non-hydrogen) atoms. The molecule has 0 spiro atoms. The Kier molecular flexibility index (Phi) is 3.30. The zero-order valence-electron chi connectivity index (χ0n) is 14.5. The molecule has 124 valence electrons. The minimum Gasteiger partial charge on any atom is -0.347 e. The van der Waals surface area contributed by atoms with Crippen LogP contribution in [0.15, 0.2) is 72.8 Å². The van der Waals surface area contributed by atoms with Gasteiger partial charge in [-0.2, -0.15) is 0 Å². The van der Waals surface area contributed by atoms with E-state index in [-0.39, 0.29) is 6.17 Å². The molecule has 0 radical (unpaired) electrons. The molecule has 3 aromatic carbocycles. The molecule has 0 bridgehead atoms. The lowest BCUT2D eigenvalue weighted by Crippen LogP contribution is -2.49. The highest BCUT2D eigenvalue weighted by atomic mass is 15.4. The molecule has 2 heterocycles. The van der Waals surface area contributed by atoms with Gasteiger partial charge in [-0.05, 0) is 53.8 Å². The minimum atomic E-state index is 0.279. The van der Waals surface area contributed by atoms with Crippen molar-refractivity contribution in [1.82, 2.24) is 0 Å². The third-order valence-corrected chi connectivity index (χ3v) is 5.52. The van der Waals surface area contributed by atoms with Gasteiger partial charge in [0.1, 0.15) is 6.17 Å². The SMILES string of the molecule is Cc1cccc(N2Cc3ccccc3N3CCc4ccccc4C23)c1. The largest absolute Gasteiger partial charge is 0.347 e. The van der Waals surface area contributed by atoms with E-state index in [1.165, 1.54) is 33.6 Å². The van der Waals surface area contributed by atoms with Crippen molar-refractivity contribution < 1.29 is 0 Å². The Hall–Kier alpha value is -2.74. The Morgan fingerprint density at radius 1 is 0.800 bits per heavy atom. The summed E-state index contributed by atoms with van der Waals surface area (Å²) in [6, 6.07) is 26.7. The maximum absolute atomic E-state index is 2.59. The van der Waals surface area contributed by atoms with Crippen LogP contribution >= 0.6 is 0 Å². The molecule has 1 atom stereocenters. The van der Waals surface area contributed by atoms with Crippen LogP contribution in [0.25, 0.3) is 0 Å². The lowest BCUT2D eigenvalue weighted by molar-refractivity contribution is 0.520. The molecule has 0 amide bonds. The standard InChI is InChI=1S/C23H22N2/c1-17-7-6-10-20(15-17)25-16-19-9-3-5-12-22(19)24-14-13-18-8-2-4-11-21(18)23(24)25/h2-12,15,23H,13-14,16H2,1H3. The molecule has 2 heteroatoms. The van der Waals surface area contributed by atoms with Crippen LogP contribution in [0.4, 0.5) is 11.4 Å². The smallest absolute Gasteiger partial charge is 0.129 e. The van der Waals surface area contributed by atoms with Crippen molar-refractivity contribution in [3.63, 3.8) is 0 Å². The molecule has 3 aromatic rings. The fourth-order valence-electron chi connectivity index (χ4n) is 4.37. The Bertz CT molecular complexity index is 931. The maximum atomic E-state index is 2.59. The summed E-state index contributed by atoms with van der Waals surface area (Å²) in [5.74, 6) is 0. The molecule has 1 unspecified atom stereocenters. The van der Waals surface area contributed by atoms with Gasteiger partial charge in [-0.1, -0.05) is 54.6 Å². The van der Waals surface area contributed by atoms with Gasteiger partial charge < -0.3 is 9.80 Å². The van der Waals surface area contributed by atoms with Crippen LogP contribution in [0.5, 0.6) is 0 Å². The topological polar surface area (TPSA) is 6.48 Å². The molecular formula is C23H22N2. The van der Waals surface area contributed by atoms with Crippen LogP contribution < -0.4 is 9.80 Å². The number of para-hydroxylation sites is 1. The Balaban J connectivity index is 1.71. The summed E-state index contributed by atoms with van der Waals surface area (Å²) >= 11 is 0. The van der Waals surface area contributed by atoms with Crippen molar-refractivity contribution in [2.75, 3.05) is 16.3 Å². The summed E-state index contributed by atoms with van der Waals surface area (Å²) in [5, 5.41) is 0. The number of rotatable bonds is 1. The lowest BCUT2D eigenvalue weighted by Gasteiger charge is -2.50. The maximum Gasteiger partial charge on any atom is 0.129 e. The first-order chi connectivity index (χ1) is 12.3.